The van der Waals surface area contributed by atoms with Crippen LogP contribution in [0.2, 0.25) is 0 Å². The molecule has 0 unspecified atom stereocenters. The van der Waals surface area contributed by atoms with Gasteiger partial charge in [0.25, 0.3) is 0 Å². The van der Waals surface area contributed by atoms with Gasteiger partial charge < -0.3 is 11.5 Å². The van der Waals surface area contributed by atoms with Crippen LogP contribution in [0.1, 0.15) is 28.6 Å². The number of guanidine groups is 1. The van der Waals surface area contributed by atoms with Crippen molar-refractivity contribution in [2.45, 2.75) is 18.9 Å². The molecule has 1 aliphatic heterocycles. The predicted molar refractivity (Wildman–Crippen MR) is 94.6 cm³/mol. The standard InChI is InChI=1S/C17H18N4O2S/c1-17(8-14(22)21(2)16(19)20-17)13-7-12(9-24-13)10-4-3-5-11(6-10)15(18)23/h3-7,9H,8H2,1-2H3,(H2,18,23)(H2,19,20)/t17-/m0/s1. The molecule has 3 rings (SSSR count). The largest absolute Gasteiger partial charge is 0.369 e. The van der Waals surface area contributed by atoms with Gasteiger partial charge in [-0.15, -0.1) is 11.3 Å². The molecule has 1 aromatic heterocycles. The number of nitrogens with zero attached hydrogens (tertiary/aromatic N) is 2. The fourth-order valence-corrected chi connectivity index (χ4v) is 3.70. The minimum atomic E-state index is -0.669. The van der Waals surface area contributed by atoms with Crippen molar-refractivity contribution in [3.8, 4) is 11.1 Å². The summed E-state index contributed by atoms with van der Waals surface area (Å²) in [4.78, 5) is 30.3. The molecule has 1 aromatic carbocycles. The Kier molecular flexibility index (Phi) is 3.88. The Morgan fingerprint density at radius 2 is 2.08 bits per heavy atom. The lowest BCUT2D eigenvalue weighted by Crippen LogP contribution is -2.47. The van der Waals surface area contributed by atoms with Crippen molar-refractivity contribution < 1.29 is 9.59 Å². The number of hydrogen-bond donors (Lipinski definition) is 2. The molecule has 1 atom stereocenters. The van der Waals surface area contributed by atoms with Crippen molar-refractivity contribution in [3.63, 3.8) is 0 Å². The molecular weight excluding hydrogens is 324 g/mol. The van der Waals surface area contributed by atoms with Crippen molar-refractivity contribution in [1.29, 1.82) is 0 Å². The van der Waals surface area contributed by atoms with E-state index in [0.29, 0.717) is 5.56 Å². The maximum atomic E-state index is 12.1. The van der Waals surface area contributed by atoms with Crippen molar-refractivity contribution in [2.24, 2.45) is 16.5 Å². The summed E-state index contributed by atoms with van der Waals surface area (Å²) < 4.78 is 0. The van der Waals surface area contributed by atoms with Gasteiger partial charge in [0.1, 0.15) is 5.54 Å². The van der Waals surface area contributed by atoms with Crippen LogP contribution in [0.5, 0.6) is 0 Å². The monoisotopic (exact) mass is 342 g/mol. The maximum absolute atomic E-state index is 12.1. The topological polar surface area (TPSA) is 102 Å². The molecule has 124 valence electrons. The average Bonchev–Trinajstić information content (AvgIpc) is 3.03. The molecule has 24 heavy (non-hydrogen) atoms. The third kappa shape index (κ3) is 2.78. The van der Waals surface area contributed by atoms with Gasteiger partial charge in [0.2, 0.25) is 11.8 Å². The van der Waals surface area contributed by atoms with Crippen LogP contribution < -0.4 is 11.5 Å². The van der Waals surface area contributed by atoms with Crippen LogP contribution in [0.3, 0.4) is 0 Å². The van der Waals surface area contributed by atoms with Gasteiger partial charge in [-0.25, -0.2) is 4.99 Å². The summed E-state index contributed by atoms with van der Waals surface area (Å²) in [7, 11) is 1.62. The SMILES string of the molecule is CN1C(=O)C[C@@](C)(c2cc(-c3cccc(C(N)=O)c3)cs2)N=C1N. The minimum absolute atomic E-state index is 0.0596. The van der Waals surface area contributed by atoms with Gasteiger partial charge in [-0.3, -0.25) is 14.5 Å². The lowest BCUT2D eigenvalue weighted by molar-refractivity contribution is -0.128. The Bertz CT molecular complexity index is 858. The van der Waals surface area contributed by atoms with Gasteiger partial charge in [0.15, 0.2) is 5.96 Å². The van der Waals surface area contributed by atoms with Crippen LogP contribution in [0.25, 0.3) is 11.1 Å². The number of carbonyl (C=O) groups excluding carboxylic acids is 2. The van der Waals surface area contributed by atoms with E-state index in [-0.39, 0.29) is 18.3 Å². The molecule has 0 saturated carbocycles. The van der Waals surface area contributed by atoms with Gasteiger partial charge >= 0.3 is 0 Å². The van der Waals surface area contributed by atoms with Crippen molar-refractivity contribution in [3.05, 3.63) is 46.2 Å². The molecule has 0 saturated heterocycles. The highest BCUT2D eigenvalue weighted by Gasteiger charge is 2.37. The first-order valence-electron chi connectivity index (χ1n) is 7.41. The zero-order chi connectivity index (χ0) is 17.5. The number of nitrogens with two attached hydrogens (primary N) is 2. The summed E-state index contributed by atoms with van der Waals surface area (Å²) >= 11 is 1.52. The Morgan fingerprint density at radius 3 is 2.75 bits per heavy atom. The molecule has 6 nitrogen and oxygen atoms in total. The second-order valence-electron chi connectivity index (χ2n) is 6.02. The van der Waals surface area contributed by atoms with Crippen LogP contribution in [-0.4, -0.2) is 29.7 Å². The molecule has 0 spiro atoms. The van der Waals surface area contributed by atoms with E-state index in [1.807, 2.05) is 24.4 Å². The molecule has 2 aromatic rings. The van der Waals surface area contributed by atoms with Crippen LogP contribution >= 0.6 is 11.3 Å². The first-order chi connectivity index (χ1) is 11.3. The summed E-state index contributed by atoms with van der Waals surface area (Å²) in [5, 5.41) is 1.98. The highest BCUT2D eigenvalue weighted by Crippen LogP contribution is 2.39. The van der Waals surface area contributed by atoms with Crippen molar-refractivity contribution in [1.82, 2.24) is 4.90 Å². The molecule has 0 fully saturated rings. The molecule has 0 aliphatic carbocycles. The number of carbonyl (C=O) groups is 2. The van der Waals surface area contributed by atoms with Gasteiger partial charge in [0.05, 0.1) is 6.42 Å². The first-order valence-corrected chi connectivity index (χ1v) is 8.29. The number of amides is 2. The lowest BCUT2D eigenvalue weighted by Gasteiger charge is -2.32. The summed E-state index contributed by atoms with van der Waals surface area (Å²) in [6.45, 7) is 1.90. The predicted octanol–water partition coefficient (Wildman–Crippen LogP) is 1.91. The van der Waals surface area contributed by atoms with Crippen molar-refractivity contribution in [2.75, 3.05) is 7.05 Å². The highest BCUT2D eigenvalue weighted by molar-refractivity contribution is 7.10. The Balaban J connectivity index is 1.98. The fraction of sp³-hybridized carbons (Fsp3) is 0.235. The Morgan fingerprint density at radius 1 is 1.33 bits per heavy atom. The first kappa shape index (κ1) is 16.2. The van der Waals surface area contributed by atoms with E-state index in [9.17, 15) is 9.59 Å². The third-order valence-corrected chi connectivity index (χ3v) is 5.37. The minimum Gasteiger partial charge on any atom is -0.369 e. The smallest absolute Gasteiger partial charge is 0.248 e. The number of aliphatic imine (C=N–C) groups is 1. The molecule has 4 N–H and O–H groups in total. The average molecular weight is 342 g/mol. The molecule has 0 radical (unpaired) electrons. The molecule has 1 aliphatic rings. The second-order valence-corrected chi connectivity index (χ2v) is 6.93. The van der Waals surface area contributed by atoms with Gasteiger partial charge in [-0.1, -0.05) is 12.1 Å². The normalized spacial score (nSPS) is 20.8. The zero-order valence-electron chi connectivity index (χ0n) is 13.4. The highest BCUT2D eigenvalue weighted by atomic mass is 32.1. The molecule has 2 amide bonds. The molecular formula is C17H18N4O2S. The summed E-state index contributed by atoms with van der Waals surface area (Å²) in [5.41, 5.74) is 12.8. The van der Waals surface area contributed by atoms with Gasteiger partial charge in [-0.2, -0.15) is 0 Å². The van der Waals surface area contributed by atoms with Gasteiger partial charge in [-0.05, 0) is 41.6 Å². The lowest BCUT2D eigenvalue weighted by atomic mass is 9.93. The number of thiophene rings is 1. The van der Waals surface area contributed by atoms with Crippen LogP contribution in [0.15, 0.2) is 40.7 Å². The van der Waals surface area contributed by atoms with E-state index in [2.05, 4.69) is 4.99 Å². The summed E-state index contributed by atoms with van der Waals surface area (Å²) in [5.74, 6) is -0.298. The van der Waals surface area contributed by atoms with E-state index in [4.69, 9.17) is 11.5 Å². The van der Waals surface area contributed by atoms with Crippen LogP contribution in [0.4, 0.5) is 0 Å². The maximum Gasteiger partial charge on any atom is 0.248 e. The van der Waals surface area contributed by atoms with Crippen molar-refractivity contribution >= 4 is 29.1 Å². The summed E-state index contributed by atoms with van der Waals surface area (Å²) in [6.07, 6.45) is 0.269. The Labute approximate surface area is 143 Å². The zero-order valence-corrected chi connectivity index (χ0v) is 14.3. The van der Waals surface area contributed by atoms with E-state index >= 15 is 0 Å². The number of hydrogen-bond acceptors (Lipinski definition) is 5. The number of rotatable bonds is 3. The van der Waals surface area contributed by atoms with Crippen LogP contribution in [0, 0.1) is 0 Å². The third-order valence-electron chi connectivity index (χ3n) is 4.19. The van der Waals surface area contributed by atoms with E-state index in [1.54, 1.807) is 25.2 Å². The van der Waals surface area contributed by atoms with Crippen LogP contribution in [-0.2, 0) is 10.3 Å². The van der Waals surface area contributed by atoms with E-state index in [1.165, 1.54) is 16.2 Å². The van der Waals surface area contributed by atoms with Gasteiger partial charge in [0, 0.05) is 17.5 Å². The molecule has 0 bridgehead atoms. The number of primary amides is 1. The quantitative estimate of drug-likeness (QED) is 0.890. The Hall–Kier alpha value is -2.67. The molecule has 7 heteroatoms. The van der Waals surface area contributed by atoms with E-state index < -0.39 is 11.4 Å². The number of benzene rings is 1. The second kappa shape index (κ2) is 5.76. The summed E-state index contributed by atoms with van der Waals surface area (Å²) in [6, 6.07) is 9.14. The van der Waals surface area contributed by atoms with E-state index in [0.717, 1.165) is 16.0 Å². The fourth-order valence-electron chi connectivity index (χ4n) is 2.67. The molecule has 2 heterocycles.